The molecule has 1 aliphatic rings. The van der Waals surface area contributed by atoms with Gasteiger partial charge in [-0.05, 0) is 31.9 Å². The van der Waals surface area contributed by atoms with Crippen LogP contribution in [0.5, 0.6) is 0 Å². The lowest BCUT2D eigenvalue weighted by Crippen LogP contribution is -2.42. The molecule has 3 heterocycles. The Morgan fingerprint density at radius 1 is 1.17 bits per heavy atom. The van der Waals surface area contributed by atoms with Gasteiger partial charge in [0.05, 0.1) is 24.1 Å². The van der Waals surface area contributed by atoms with Crippen LogP contribution in [0.15, 0.2) is 42.0 Å². The predicted molar refractivity (Wildman–Crippen MR) is 111 cm³/mol. The number of anilines is 1. The van der Waals surface area contributed by atoms with E-state index in [2.05, 4.69) is 20.3 Å². The van der Waals surface area contributed by atoms with E-state index in [-0.39, 0.29) is 24.1 Å². The van der Waals surface area contributed by atoms with Crippen molar-refractivity contribution < 1.29 is 14.4 Å². The first-order valence-electron chi connectivity index (χ1n) is 9.59. The average molecular weight is 408 g/mol. The number of nitrogens with zero attached hydrogens (tertiary/aromatic N) is 5. The van der Waals surface area contributed by atoms with Crippen LogP contribution in [0.1, 0.15) is 18.5 Å². The van der Waals surface area contributed by atoms with E-state index in [1.165, 1.54) is 4.90 Å². The Morgan fingerprint density at radius 3 is 2.57 bits per heavy atom. The third-order valence-electron chi connectivity index (χ3n) is 4.69. The van der Waals surface area contributed by atoms with Gasteiger partial charge in [-0.2, -0.15) is 0 Å². The third kappa shape index (κ3) is 4.86. The monoisotopic (exact) mass is 408 g/mol. The summed E-state index contributed by atoms with van der Waals surface area (Å²) >= 11 is 0. The number of carbonyl (C=O) groups is 3. The lowest BCUT2D eigenvalue weighted by molar-refractivity contribution is -0.127. The quantitative estimate of drug-likeness (QED) is 0.720. The number of hydrogen-bond acceptors (Lipinski definition) is 7. The van der Waals surface area contributed by atoms with Crippen LogP contribution < -0.4 is 5.32 Å². The molecule has 2 aromatic heterocycles. The van der Waals surface area contributed by atoms with Crippen molar-refractivity contribution in [2.75, 3.05) is 32.5 Å². The van der Waals surface area contributed by atoms with E-state index in [0.717, 1.165) is 11.3 Å². The van der Waals surface area contributed by atoms with E-state index in [1.54, 1.807) is 49.7 Å². The molecule has 1 aliphatic heterocycles. The van der Waals surface area contributed by atoms with Crippen molar-refractivity contribution >= 4 is 23.9 Å². The van der Waals surface area contributed by atoms with Gasteiger partial charge in [0, 0.05) is 44.2 Å². The molecule has 3 rings (SSSR count). The zero-order valence-corrected chi connectivity index (χ0v) is 17.3. The first-order chi connectivity index (χ1) is 14.4. The molecule has 0 fully saturated rings. The van der Waals surface area contributed by atoms with Crippen LogP contribution in [0, 0.1) is 6.92 Å². The number of likely N-dealkylation sites (N-methyl/N-ethyl adjacent to an activating group) is 1. The number of allylic oxidation sites excluding steroid dienone is 1. The molecule has 1 N–H and O–H groups in total. The highest BCUT2D eigenvalue weighted by atomic mass is 16.2. The normalized spacial score (nSPS) is 13.8. The number of hydrogen-bond donors (Lipinski definition) is 1. The summed E-state index contributed by atoms with van der Waals surface area (Å²) in [6.45, 7) is 2.35. The van der Waals surface area contributed by atoms with Crippen LogP contribution in [0.3, 0.4) is 0 Å². The van der Waals surface area contributed by atoms with Gasteiger partial charge in [0.1, 0.15) is 17.8 Å². The Morgan fingerprint density at radius 2 is 1.97 bits per heavy atom. The summed E-state index contributed by atoms with van der Waals surface area (Å²) in [6.07, 6.45) is 6.90. The van der Waals surface area contributed by atoms with Crippen molar-refractivity contribution in [2.24, 2.45) is 0 Å². The van der Waals surface area contributed by atoms with Gasteiger partial charge < -0.3 is 15.1 Å². The maximum atomic E-state index is 12.6. The maximum absolute atomic E-state index is 12.6. The van der Waals surface area contributed by atoms with E-state index in [0.29, 0.717) is 42.8 Å². The fourth-order valence-corrected chi connectivity index (χ4v) is 3.17. The van der Waals surface area contributed by atoms with Crippen molar-refractivity contribution in [1.29, 1.82) is 0 Å². The first kappa shape index (κ1) is 21.1. The Labute approximate surface area is 174 Å². The summed E-state index contributed by atoms with van der Waals surface area (Å²) in [7, 11) is 3.24. The molecule has 2 aromatic rings. The average Bonchev–Trinajstić information content (AvgIpc) is 2.74. The molecule has 30 heavy (non-hydrogen) atoms. The van der Waals surface area contributed by atoms with Gasteiger partial charge in [0.15, 0.2) is 0 Å². The molecule has 0 bridgehead atoms. The maximum Gasteiger partial charge on any atom is 0.270 e. The number of aldehydes is 1. The van der Waals surface area contributed by atoms with Crippen molar-refractivity contribution in [1.82, 2.24) is 24.8 Å². The Bertz CT molecular complexity index is 967. The van der Waals surface area contributed by atoms with E-state index < -0.39 is 0 Å². The van der Waals surface area contributed by atoms with E-state index >= 15 is 0 Å². The van der Waals surface area contributed by atoms with Crippen molar-refractivity contribution in [3.8, 4) is 11.3 Å². The molecule has 0 aliphatic carbocycles. The first-order valence-corrected chi connectivity index (χ1v) is 9.59. The van der Waals surface area contributed by atoms with Crippen LogP contribution in [-0.2, 0) is 14.4 Å². The van der Waals surface area contributed by atoms with Gasteiger partial charge in [-0.25, -0.2) is 4.98 Å². The lowest BCUT2D eigenvalue weighted by Gasteiger charge is -2.32. The molecule has 2 amide bonds. The molecular formula is C21H24N6O3. The Kier molecular flexibility index (Phi) is 6.51. The van der Waals surface area contributed by atoms with Crippen molar-refractivity contribution in [3.63, 3.8) is 0 Å². The second kappa shape index (κ2) is 9.25. The van der Waals surface area contributed by atoms with Gasteiger partial charge >= 0.3 is 0 Å². The third-order valence-corrected chi connectivity index (χ3v) is 4.69. The number of aromatic nitrogens is 3. The zero-order valence-electron chi connectivity index (χ0n) is 17.3. The van der Waals surface area contributed by atoms with Crippen LogP contribution in [0.2, 0.25) is 0 Å². The van der Waals surface area contributed by atoms with Gasteiger partial charge in [-0.15, -0.1) is 0 Å². The van der Waals surface area contributed by atoms with Crippen LogP contribution >= 0.6 is 0 Å². The van der Waals surface area contributed by atoms with E-state index in [1.807, 2.05) is 6.92 Å². The lowest BCUT2D eigenvalue weighted by atomic mass is 10.0. The SMILES string of the molecule is Cc1cnc(-c2ccc(NC(=O)CN3CCCC(C=O)=C3C(=O)N(C)C)nc2)cn1. The smallest absolute Gasteiger partial charge is 0.270 e. The Hall–Kier alpha value is -3.62. The second-order valence-electron chi connectivity index (χ2n) is 7.24. The van der Waals surface area contributed by atoms with Crippen molar-refractivity contribution in [3.05, 3.63) is 47.7 Å². The molecule has 0 unspecified atom stereocenters. The summed E-state index contributed by atoms with van der Waals surface area (Å²) in [4.78, 5) is 52.3. The molecule has 9 heteroatoms. The molecule has 0 aromatic carbocycles. The summed E-state index contributed by atoms with van der Waals surface area (Å²) in [6, 6.07) is 3.48. The molecule has 9 nitrogen and oxygen atoms in total. The minimum absolute atomic E-state index is 0.0425. The fraction of sp³-hybridized carbons (Fsp3) is 0.333. The molecular weight excluding hydrogens is 384 g/mol. The Balaban J connectivity index is 1.69. The van der Waals surface area contributed by atoms with Gasteiger partial charge in [0.25, 0.3) is 5.91 Å². The summed E-state index contributed by atoms with van der Waals surface area (Å²) in [5.41, 5.74) is 3.02. The minimum atomic E-state index is -0.318. The molecule has 0 radical (unpaired) electrons. The summed E-state index contributed by atoms with van der Waals surface area (Å²) < 4.78 is 0. The summed E-state index contributed by atoms with van der Waals surface area (Å²) in [5, 5.41) is 2.73. The van der Waals surface area contributed by atoms with Gasteiger partial charge in [-0.1, -0.05) is 0 Å². The molecule has 0 saturated carbocycles. The molecule has 156 valence electrons. The van der Waals surface area contributed by atoms with Crippen LogP contribution in [-0.4, -0.2) is 70.0 Å². The topological polar surface area (TPSA) is 108 Å². The molecule has 0 saturated heterocycles. The van der Waals surface area contributed by atoms with Crippen LogP contribution in [0.25, 0.3) is 11.3 Å². The highest BCUT2D eigenvalue weighted by Crippen LogP contribution is 2.22. The van der Waals surface area contributed by atoms with Gasteiger partial charge in [0.2, 0.25) is 5.91 Å². The fourth-order valence-electron chi connectivity index (χ4n) is 3.17. The minimum Gasteiger partial charge on any atom is -0.357 e. The van der Waals surface area contributed by atoms with E-state index in [4.69, 9.17) is 0 Å². The zero-order chi connectivity index (χ0) is 21.7. The number of carbonyl (C=O) groups excluding carboxylic acids is 3. The van der Waals surface area contributed by atoms with E-state index in [9.17, 15) is 14.4 Å². The number of rotatable bonds is 6. The van der Waals surface area contributed by atoms with Gasteiger partial charge in [-0.3, -0.25) is 24.4 Å². The standard InChI is InChI=1S/C21H24N6O3/c1-14-9-23-17(11-22-14)15-6-7-18(24-10-15)25-19(29)12-27-8-4-5-16(13-28)20(27)21(30)26(2)3/h6-7,9-11,13H,4-5,8,12H2,1-3H3,(H,24,25,29). The number of aryl methyl sites for hydroxylation is 1. The molecule has 0 spiro atoms. The molecule has 0 atom stereocenters. The van der Waals surface area contributed by atoms with Crippen molar-refractivity contribution in [2.45, 2.75) is 19.8 Å². The van der Waals surface area contributed by atoms with Crippen LogP contribution in [0.4, 0.5) is 5.82 Å². The largest absolute Gasteiger partial charge is 0.357 e. The predicted octanol–water partition coefficient (Wildman–Crippen LogP) is 1.42. The number of pyridine rings is 1. The highest BCUT2D eigenvalue weighted by molar-refractivity contribution is 6.00. The highest BCUT2D eigenvalue weighted by Gasteiger charge is 2.28. The summed E-state index contributed by atoms with van der Waals surface area (Å²) in [5.74, 6) is -0.214. The number of nitrogens with one attached hydrogen (secondary N) is 1. The number of amides is 2. The second-order valence-corrected chi connectivity index (χ2v) is 7.24.